The molecule has 10 heteroatoms. The number of nitro benzene ring substituents is 1. The van der Waals surface area contributed by atoms with Gasteiger partial charge in [0.25, 0.3) is 5.69 Å². The van der Waals surface area contributed by atoms with Gasteiger partial charge in [-0.1, -0.05) is 0 Å². The zero-order valence-electron chi connectivity index (χ0n) is 15.2. The summed E-state index contributed by atoms with van der Waals surface area (Å²) in [7, 11) is 0. The highest BCUT2D eigenvalue weighted by molar-refractivity contribution is 8.00. The Morgan fingerprint density at radius 3 is 2.61 bits per heavy atom. The zero-order chi connectivity index (χ0) is 20.3. The van der Waals surface area contributed by atoms with E-state index < -0.39 is 16.9 Å². The molecule has 0 bridgehead atoms. The Balaban J connectivity index is 1.57. The number of carbonyl (C=O) groups excluding carboxylic acids is 3. The average Bonchev–Trinajstić information content (AvgIpc) is 2.95. The van der Waals surface area contributed by atoms with E-state index in [2.05, 4.69) is 0 Å². The van der Waals surface area contributed by atoms with Crippen molar-refractivity contribution in [2.24, 2.45) is 0 Å². The molecule has 2 aliphatic rings. The maximum absolute atomic E-state index is 12.7. The maximum atomic E-state index is 12.7. The van der Waals surface area contributed by atoms with Crippen LogP contribution in [-0.2, 0) is 30.5 Å². The van der Waals surface area contributed by atoms with Gasteiger partial charge in [0.1, 0.15) is 19.3 Å². The number of rotatable bonds is 8. The molecule has 28 heavy (non-hydrogen) atoms. The van der Waals surface area contributed by atoms with Gasteiger partial charge in [0.2, 0.25) is 5.91 Å². The Kier molecular flexibility index (Phi) is 6.18. The number of hydrogen-bond acceptors (Lipinski definition) is 8. The zero-order valence-corrected chi connectivity index (χ0v) is 16.1. The van der Waals surface area contributed by atoms with Gasteiger partial charge in [-0.3, -0.25) is 19.7 Å². The molecule has 1 unspecified atom stereocenters. The number of fused-ring (bicyclic) bond motifs is 1. The monoisotopic (exact) mass is 408 g/mol. The lowest BCUT2D eigenvalue weighted by atomic mass is 10.0. The molecule has 0 saturated carbocycles. The number of amides is 1. The van der Waals surface area contributed by atoms with E-state index >= 15 is 0 Å². The van der Waals surface area contributed by atoms with Gasteiger partial charge in [0.15, 0.2) is 0 Å². The predicted octanol–water partition coefficient (Wildman–Crippen LogP) is 1.68. The summed E-state index contributed by atoms with van der Waals surface area (Å²) in [6, 6.07) is 5.15. The topological polar surface area (TPSA) is 116 Å². The minimum atomic E-state index is -0.661. The standard InChI is InChI=1S/C18H20N2O7S/c1-11(21)26-6-7-28-15-8-14-9-16(22)19(14)17(15)18(23)27-10-12-2-4-13(5-3-12)20(24)25/h2-5,14-15,17H,6-10H2,1H3/t14?,15-,17-/m1/s1. The van der Waals surface area contributed by atoms with Crippen molar-refractivity contribution in [3.05, 3.63) is 39.9 Å². The quantitative estimate of drug-likeness (QED) is 0.210. The van der Waals surface area contributed by atoms with Crippen LogP contribution in [0.5, 0.6) is 0 Å². The summed E-state index contributed by atoms with van der Waals surface area (Å²) in [6.07, 6.45) is 1.14. The van der Waals surface area contributed by atoms with E-state index in [1.165, 1.54) is 43.0 Å². The van der Waals surface area contributed by atoms with E-state index in [-0.39, 0.29) is 42.1 Å². The number of carbonyl (C=O) groups is 3. The third kappa shape index (κ3) is 4.44. The van der Waals surface area contributed by atoms with E-state index in [4.69, 9.17) is 9.47 Å². The van der Waals surface area contributed by atoms with Crippen molar-refractivity contribution in [3.8, 4) is 0 Å². The van der Waals surface area contributed by atoms with E-state index in [1.807, 2.05) is 0 Å². The fourth-order valence-corrected chi connectivity index (χ4v) is 4.68. The molecule has 0 radical (unpaired) electrons. The summed E-state index contributed by atoms with van der Waals surface area (Å²) >= 11 is 1.49. The van der Waals surface area contributed by atoms with Crippen LogP contribution >= 0.6 is 11.8 Å². The number of hydrogen-bond donors (Lipinski definition) is 0. The van der Waals surface area contributed by atoms with Crippen molar-refractivity contribution in [2.45, 2.75) is 43.7 Å². The molecule has 1 aromatic carbocycles. The van der Waals surface area contributed by atoms with Gasteiger partial charge >= 0.3 is 11.9 Å². The van der Waals surface area contributed by atoms with Crippen LogP contribution in [0.4, 0.5) is 5.69 Å². The second-order valence-electron chi connectivity index (χ2n) is 6.62. The second kappa shape index (κ2) is 8.59. The van der Waals surface area contributed by atoms with Crippen LogP contribution in [0.1, 0.15) is 25.3 Å². The van der Waals surface area contributed by atoms with E-state index in [9.17, 15) is 24.5 Å². The smallest absolute Gasteiger partial charge is 0.330 e. The van der Waals surface area contributed by atoms with Crippen molar-refractivity contribution in [2.75, 3.05) is 12.4 Å². The Morgan fingerprint density at radius 2 is 2.00 bits per heavy atom. The predicted molar refractivity (Wildman–Crippen MR) is 99.4 cm³/mol. The third-order valence-corrected chi connectivity index (χ3v) is 6.02. The van der Waals surface area contributed by atoms with Crippen LogP contribution in [0.3, 0.4) is 0 Å². The number of benzene rings is 1. The molecule has 3 rings (SSSR count). The summed E-state index contributed by atoms with van der Waals surface area (Å²) < 4.78 is 10.3. The highest BCUT2D eigenvalue weighted by atomic mass is 32.2. The minimum Gasteiger partial charge on any atom is -0.465 e. The molecule has 2 aliphatic heterocycles. The Labute approximate surface area is 165 Å². The van der Waals surface area contributed by atoms with Crippen LogP contribution in [0.2, 0.25) is 0 Å². The summed E-state index contributed by atoms with van der Waals surface area (Å²) in [4.78, 5) is 47.2. The first-order valence-corrected chi connectivity index (χ1v) is 9.88. The number of non-ortho nitro benzene ring substituents is 1. The summed E-state index contributed by atoms with van der Waals surface area (Å²) in [5.41, 5.74) is 0.589. The van der Waals surface area contributed by atoms with Gasteiger partial charge in [0, 0.05) is 42.5 Å². The second-order valence-corrected chi connectivity index (χ2v) is 7.97. The first kappa shape index (κ1) is 20.1. The molecule has 1 aromatic rings. The summed E-state index contributed by atoms with van der Waals surface area (Å²) in [5.74, 6) is -0.375. The molecule has 2 fully saturated rings. The Hall–Kier alpha value is -2.62. The van der Waals surface area contributed by atoms with Crippen molar-refractivity contribution < 1.29 is 28.8 Å². The Morgan fingerprint density at radius 1 is 1.29 bits per heavy atom. The molecular formula is C18H20N2O7S. The van der Waals surface area contributed by atoms with Crippen LogP contribution in [0.25, 0.3) is 0 Å². The molecule has 0 aromatic heterocycles. The number of thioether (sulfide) groups is 1. The lowest BCUT2D eigenvalue weighted by Crippen LogP contribution is -2.55. The van der Waals surface area contributed by atoms with Crippen LogP contribution < -0.4 is 0 Å². The van der Waals surface area contributed by atoms with Crippen molar-refractivity contribution in [3.63, 3.8) is 0 Å². The number of nitrogens with zero attached hydrogens (tertiary/aromatic N) is 2. The van der Waals surface area contributed by atoms with Gasteiger partial charge in [0.05, 0.1) is 4.92 Å². The van der Waals surface area contributed by atoms with Crippen molar-refractivity contribution in [1.29, 1.82) is 0 Å². The summed E-state index contributed by atoms with van der Waals surface area (Å²) in [6.45, 7) is 1.56. The third-order valence-electron chi connectivity index (χ3n) is 4.74. The normalized spacial score (nSPS) is 23.0. The van der Waals surface area contributed by atoms with Gasteiger partial charge in [-0.05, 0) is 24.1 Å². The Bertz CT molecular complexity index is 783. The molecule has 0 spiro atoms. The van der Waals surface area contributed by atoms with E-state index in [0.29, 0.717) is 24.2 Å². The SMILES string of the molecule is CC(=O)OCCS[C@@H]1CC2CC(=O)N2[C@H]1C(=O)OCc1ccc([N+](=O)[O-])cc1. The largest absolute Gasteiger partial charge is 0.465 e. The van der Waals surface area contributed by atoms with Gasteiger partial charge in [-0.15, -0.1) is 0 Å². The number of β-lactam (4-membered cyclic amide) rings is 1. The molecular weight excluding hydrogens is 388 g/mol. The summed E-state index contributed by atoms with van der Waals surface area (Å²) in [5, 5.41) is 10.6. The van der Waals surface area contributed by atoms with E-state index in [1.54, 1.807) is 4.90 Å². The fraction of sp³-hybridized carbons (Fsp3) is 0.500. The molecule has 2 saturated heterocycles. The molecule has 150 valence electrons. The minimum absolute atomic E-state index is 0.0230. The van der Waals surface area contributed by atoms with Crippen LogP contribution in [-0.4, -0.2) is 57.4 Å². The molecule has 0 aliphatic carbocycles. The molecule has 1 amide bonds. The van der Waals surface area contributed by atoms with Gasteiger partial charge < -0.3 is 14.4 Å². The van der Waals surface area contributed by atoms with Gasteiger partial charge in [-0.2, -0.15) is 11.8 Å². The maximum Gasteiger partial charge on any atom is 0.330 e. The van der Waals surface area contributed by atoms with Gasteiger partial charge in [-0.25, -0.2) is 4.79 Å². The van der Waals surface area contributed by atoms with Crippen LogP contribution in [0, 0.1) is 10.1 Å². The first-order chi connectivity index (χ1) is 13.4. The lowest BCUT2D eigenvalue weighted by Gasteiger charge is -2.37. The fourth-order valence-electron chi connectivity index (χ4n) is 3.42. The highest BCUT2D eigenvalue weighted by Gasteiger charge is 2.54. The molecule has 3 atom stereocenters. The van der Waals surface area contributed by atoms with Crippen molar-refractivity contribution >= 4 is 35.3 Å². The average molecular weight is 408 g/mol. The lowest BCUT2D eigenvalue weighted by molar-refractivity contribution is -0.384. The number of ether oxygens (including phenoxy) is 2. The molecule has 9 nitrogen and oxygen atoms in total. The van der Waals surface area contributed by atoms with E-state index in [0.717, 1.165) is 0 Å². The molecule has 0 N–H and O–H groups in total. The van der Waals surface area contributed by atoms with Crippen molar-refractivity contribution in [1.82, 2.24) is 4.90 Å². The molecule has 2 heterocycles. The highest BCUT2D eigenvalue weighted by Crippen LogP contribution is 2.41. The number of esters is 2. The van der Waals surface area contributed by atoms with Crippen LogP contribution in [0.15, 0.2) is 24.3 Å². The first-order valence-electron chi connectivity index (χ1n) is 8.83. The number of nitro groups is 1.